The van der Waals surface area contributed by atoms with Crippen LogP contribution in [0.25, 0.3) is 0 Å². The van der Waals surface area contributed by atoms with Crippen LogP contribution in [0, 0.1) is 0 Å². The second-order valence-electron chi connectivity index (χ2n) is 3.09. The van der Waals surface area contributed by atoms with E-state index in [0.29, 0.717) is 0 Å². The van der Waals surface area contributed by atoms with Crippen LogP contribution < -0.4 is 0 Å². The molecule has 0 N–H and O–H groups in total. The van der Waals surface area contributed by atoms with E-state index in [9.17, 15) is 0 Å². The molecule has 0 saturated carbocycles. The van der Waals surface area contributed by atoms with Gasteiger partial charge in [0.1, 0.15) is 0 Å². The molecule has 2 bridgehead atoms. The van der Waals surface area contributed by atoms with Crippen molar-refractivity contribution < 1.29 is 13.6 Å². The Morgan fingerprint density at radius 3 is 1.70 bits per heavy atom. The quantitative estimate of drug-likeness (QED) is 0.505. The molecular formula is C6H13O3P. The van der Waals surface area contributed by atoms with Gasteiger partial charge in [0.25, 0.3) is 0 Å². The fourth-order valence-electron chi connectivity index (χ4n) is 1.71. The average Bonchev–Trinajstić information content (AvgIpc) is 2.17. The zero-order valence-electron chi connectivity index (χ0n) is 6.46. The molecule has 60 valence electrons. The Morgan fingerprint density at radius 1 is 1.00 bits per heavy atom. The third-order valence-corrected chi connectivity index (χ3v) is 4.38. The van der Waals surface area contributed by atoms with E-state index >= 15 is 0 Å². The van der Waals surface area contributed by atoms with Crippen LogP contribution in [0.3, 0.4) is 0 Å². The molecule has 2 rings (SSSR count). The Bertz CT molecular complexity index is 149. The van der Waals surface area contributed by atoms with E-state index in [4.69, 9.17) is 13.6 Å². The minimum atomic E-state index is -2.11. The van der Waals surface area contributed by atoms with E-state index in [0.717, 1.165) is 0 Å². The SMILES string of the molecule is CC1O[PH]2(C)OC(C)C1O2. The van der Waals surface area contributed by atoms with E-state index in [2.05, 4.69) is 0 Å². The monoisotopic (exact) mass is 164 g/mol. The molecule has 0 spiro atoms. The van der Waals surface area contributed by atoms with Crippen molar-refractivity contribution in [2.45, 2.75) is 32.2 Å². The molecule has 2 heterocycles. The van der Waals surface area contributed by atoms with E-state index in [1.165, 1.54) is 0 Å². The van der Waals surface area contributed by atoms with Crippen LogP contribution in [0.2, 0.25) is 0 Å². The van der Waals surface area contributed by atoms with Crippen molar-refractivity contribution >= 4 is 7.94 Å². The first kappa shape index (κ1) is 6.99. The number of fused-ring (bicyclic) bond motifs is 2. The second-order valence-corrected chi connectivity index (χ2v) is 5.52. The van der Waals surface area contributed by atoms with Gasteiger partial charge in [-0.05, 0) is 0 Å². The fraction of sp³-hybridized carbons (Fsp3) is 1.00. The zero-order chi connectivity index (χ0) is 7.35. The molecule has 0 aromatic carbocycles. The molecule has 10 heavy (non-hydrogen) atoms. The molecule has 2 unspecified atom stereocenters. The number of rotatable bonds is 0. The Hall–Kier alpha value is 0.310. The van der Waals surface area contributed by atoms with Crippen LogP contribution in [0.1, 0.15) is 13.8 Å². The van der Waals surface area contributed by atoms with E-state index < -0.39 is 7.94 Å². The van der Waals surface area contributed by atoms with Crippen molar-refractivity contribution in [1.29, 1.82) is 0 Å². The minimum absolute atomic E-state index is 0.191. The molecule has 0 aliphatic carbocycles. The molecular weight excluding hydrogens is 151 g/mol. The number of hydrogen-bond acceptors (Lipinski definition) is 3. The standard InChI is InChI=1S/C6H13O3P/c1-4-6-5(2)8-10(3,7-4)9-6/h4-6,10H,1-3H3. The number of hydrogen-bond donors (Lipinski definition) is 0. The average molecular weight is 164 g/mol. The van der Waals surface area contributed by atoms with Crippen molar-refractivity contribution in [2.75, 3.05) is 6.66 Å². The van der Waals surface area contributed by atoms with Gasteiger partial charge in [0, 0.05) is 0 Å². The van der Waals surface area contributed by atoms with Crippen LogP contribution in [0.5, 0.6) is 0 Å². The summed E-state index contributed by atoms with van der Waals surface area (Å²) in [4.78, 5) is 0. The van der Waals surface area contributed by atoms with Crippen LogP contribution in [-0.4, -0.2) is 25.0 Å². The van der Waals surface area contributed by atoms with Crippen LogP contribution in [0.15, 0.2) is 0 Å². The molecule has 2 fully saturated rings. The molecule has 2 saturated heterocycles. The maximum atomic E-state index is 5.58. The van der Waals surface area contributed by atoms with E-state index in [-0.39, 0.29) is 18.3 Å². The Kier molecular flexibility index (Phi) is 1.34. The Morgan fingerprint density at radius 2 is 1.50 bits per heavy atom. The van der Waals surface area contributed by atoms with Crippen molar-refractivity contribution in [3.63, 3.8) is 0 Å². The van der Waals surface area contributed by atoms with E-state index in [1.807, 2.05) is 20.5 Å². The van der Waals surface area contributed by atoms with Gasteiger partial charge in [-0.3, -0.25) is 0 Å². The molecule has 0 radical (unpaired) electrons. The van der Waals surface area contributed by atoms with Crippen LogP contribution in [0.4, 0.5) is 0 Å². The second kappa shape index (κ2) is 1.92. The van der Waals surface area contributed by atoms with E-state index in [1.54, 1.807) is 0 Å². The molecule has 2 atom stereocenters. The Labute approximate surface area is 61.2 Å². The summed E-state index contributed by atoms with van der Waals surface area (Å²) in [6.07, 6.45) is 0.664. The fourth-order valence-corrected chi connectivity index (χ4v) is 4.38. The van der Waals surface area contributed by atoms with Crippen molar-refractivity contribution in [3.8, 4) is 0 Å². The van der Waals surface area contributed by atoms with Gasteiger partial charge in [-0.25, -0.2) is 0 Å². The third kappa shape index (κ3) is 0.817. The summed E-state index contributed by atoms with van der Waals surface area (Å²) in [5.74, 6) is 0. The summed E-state index contributed by atoms with van der Waals surface area (Å²) >= 11 is 0. The van der Waals surface area contributed by atoms with Crippen LogP contribution in [-0.2, 0) is 13.6 Å². The molecule has 2 aliphatic rings. The Balaban J connectivity index is 2.21. The van der Waals surface area contributed by atoms with Crippen molar-refractivity contribution in [2.24, 2.45) is 0 Å². The zero-order valence-corrected chi connectivity index (χ0v) is 7.46. The molecule has 2 aliphatic heterocycles. The summed E-state index contributed by atoms with van der Waals surface area (Å²) < 4.78 is 16.6. The predicted octanol–water partition coefficient (Wildman–Crippen LogP) is 1.33. The first-order valence-electron chi connectivity index (χ1n) is 3.64. The van der Waals surface area contributed by atoms with Crippen molar-refractivity contribution in [1.82, 2.24) is 0 Å². The first-order valence-corrected chi connectivity index (χ1v) is 5.87. The molecule has 0 aromatic rings. The third-order valence-electron chi connectivity index (χ3n) is 2.08. The topological polar surface area (TPSA) is 27.7 Å². The summed E-state index contributed by atoms with van der Waals surface area (Å²) in [5.41, 5.74) is 0. The van der Waals surface area contributed by atoms with Gasteiger partial charge in [0.05, 0.1) is 0 Å². The molecule has 3 nitrogen and oxygen atoms in total. The van der Waals surface area contributed by atoms with Gasteiger partial charge in [0.15, 0.2) is 0 Å². The van der Waals surface area contributed by atoms with Gasteiger partial charge in [-0.1, -0.05) is 0 Å². The van der Waals surface area contributed by atoms with Gasteiger partial charge < -0.3 is 0 Å². The summed E-state index contributed by atoms with van der Waals surface area (Å²) in [6.45, 7) is 6.04. The van der Waals surface area contributed by atoms with Crippen LogP contribution >= 0.6 is 7.94 Å². The van der Waals surface area contributed by atoms with Gasteiger partial charge >= 0.3 is 60.3 Å². The maximum absolute atomic E-state index is 5.58. The molecule has 0 amide bonds. The summed E-state index contributed by atoms with van der Waals surface area (Å²) in [6, 6.07) is 0. The normalized spacial score (nSPS) is 53.3. The van der Waals surface area contributed by atoms with Gasteiger partial charge in [-0.15, -0.1) is 0 Å². The summed E-state index contributed by atoms with van der Waals surface area (Å²) in [7, 11) is -2.11. The van der Waals surface area contributed by atoms with Crippen molar-refractivity contribution in [3.05, 3.63) is 0 Å². The molecule has 0 aromatic heterocycles. The summed E-state index contributed by atoms with van der Waals surface area (Å²) in [5, 5.41) is 0. The van der Waals surface area contributed by atoms with Gasteiger partial charge in [-0.2, -0.15) is 0 Å². The van der Waals surface area contributed by atoms with Gasteiger partial charge in [0.2, 0.25) is 0 Å². The molecule has 4 heteroatoms. The predicted molar refractivity (Wildman–Crippen MR) is 40.2 cm³/mol. The first-order chi connectivity index (χ1) is 4.61.